The first-order valence-electron chi connectivity index (χ1n) is 7.21. The minimum atomic E-state index is -0.0400. The molecular formula is C18H21NO2. The number of carbonyl (C=O) groups is 1. The summed E-state index contributed by atoms with van der Waals surface area (Å²) in [6, 6.07) is 17.2. The highest BCUT2D eigenvalue weighted by Gasteiger charge is 2.08. The van der Waals surface area contributed by atoms with E-state index in [1.165, 1.54) is 0 Å². The van der Waals surface area contributed by atoms with Crippen molar-refractivity contribution in [2.24, 2.45) is 5.92 Å². The van der Waals surface area contributed by atoms with Crippen LogP contribution in [-0.4, -0.2) is 12.5 Å². The summed E-state index contributed by atoms with van der Waals surface area (Å²) < 4.78 is 5.73. The monoisotopic (exact) mass is 283 g/mol. The molecule has 0 saturated heterocycles. The smallest absolute Gasteiger partial charge is 0.228 e. The van der Waals surface area contributed by atoms with Gasteiger partial charge in [0.15, 0.2) is 0 Å². The Kier molecular flexibility index (Phi) is 5.38. The lowest BCUT2D eigenvalue weighted by Crippen LogP contribution is -2.15. The molecule has 1 N–H and O–H groups in total. The highest BCUT2D eigenvalue weighted by Crippen LogP contribution is 2.24. The van der Waals surface area contributed by atoms with E-state index in [-0.39, 0.29) is 5.91 Å². The van der Waals surface area contributed by atoms with Gasteiger partial charge in [0, 0.05) is 0 Å². The normalized spacial score (nSPS) is 10.4. The standard InChI is InChI=1S/C18H21NO2/c1-14(2)13-21-17-11-7-6-10-16(17)19-18(20)12-15-8-4-3-5-9-15/h3-11,14H,12-13H2,1-2H3,(H,19,20). The maximum absolute atomic E-state index is 12.1. The minimum Gasteiger partial charge on any atom is -0.491 e. The van der Waals surface area contributed by atoms with E-state index in [1.54, 1.807) is 0 Å². The molecule has 0 saturated carbocycles. The van der Waals surface area contributed by atoms with Crippen LogP contribution in [0.1, 0.15) is 19.4 Å². The second-order valence-electron chi connectivity index (χ2n) is 5.41. The van der Waals surface area contributed by atoms with Crippen molar-refractivity contribution >= 4 is 11.6 Å². The molecule has 0 fully saturated rings. The fourth-order valence-electron chi connectivity index (χ4n) is 1.93. The summed E-state index contributed by atoms with van der Waals surface area (Å²) in [4.78, 5) is 12.1. The van der Waals surface area contributed by atoms with E-state index in [0.29, 0.717) is 24.7 Å². The Morgan fingerprint density at radius 3 is 2.43 bits per heavy atom. The van der Waals surface area contributed by atoms with Gasteiger partial charge >= 0.3 is 0 Å². The zero-order valence-electron chi connectivity index (χ0n) is 12.5. The van der Waals surface area contributed by atoms with Crippen molar-refractivity contribution in [3.05, 3.63) is 60.2 Å². The van der Waals surface area contributed by atoms with Gasteiger partial charge in [0.1, 0.15) is 5.75 Å². The first kappa shape index (κ1) is 15.1. The second kappa shape index (κ2) is 7.48. The van der Waals surface area contributed by atoms with Crippen LogP contribution in [-0.2, 0) is 11.2 Å². The predicted molar refractivity (Wildman–Crippen MR) is 85.6 cm³/mol. The summed E-state index contributed by atoms with van der Waals surface area (Å²) in [6.45, 7) is 4.82. The van der Waals surface area contributed by atoms with Crippen molar-refractivity contribution in [1.29, 1.82) is 0 Å². The first-order chi connectivity index (χ1) is 10.1. The van der Waals surface area contributed by atoms with Crippen LogP contribution >= 0.6 is 0 Å². The third-order valence-electron chi connectivity index (χ3n) is 2.94. The Hall–Kier alpha value is -2.29. The number of hydrogen-bond acceptors (Lipinski definition) is 2. The van der Waals surface area contributed by atoms with Crippen LogP contribution in [0.15, 0.2) is 54.6 Å². The number of carbonyl (C=O) groups excluding carboxylic acids is 1. The number of amides is 1. The summed E-state index contributed by atoms with van der Waals surface area (Å²) in [5.74, 6) is 1.12. The highest BCUT2D eigenvalue weighted by molar-refractivity contribution is 5.93. The molecule has 0 aliphatic rings. The molecule has 0 heterocycles. The Bertz CT molecular complexity index is 579. The molecule has 110 valence electrons. The van der Waals surface area contributed by atoms with Gasteiger partial charge in [-0.05, 0) is 23.6 Å². The number of nitrogens with one attached hydrogen (secondary N) is 1. The van der Waals surface area contributed by atoms with Gasteiger partial charge in [-0.3, -0.25) is 4.79 Å². The second-order valence-corrected chi connectivity index (χ2v) is 5.41. The summed E-state index contributed by atoms with van der Waals surface area (Å²) in [6.07, 6.45) is 0.360. The molecule has 0 unspecified atom stereocenters. The topological polar surface area (TPSA) is 38.3 Å². The van der Waals surface area contributed by atoms with Gasteiger partial charge in [-0.15, -0.1) is 0 Å². The molecule has 3 heteroatoms. The Morgan fingerprint density at radius 1 is 1.05 bits per heavy atom. The fourth-order valence-corrected chi connectivity index (χ4v) is 1.93. The van der Waals surface area contributed by atoms with E-state index in [9.17, 15) is 4.79 Å². The molecule has 2 aromatic rings. The van der Waals surface area contributed by atoms with Crippen LogP contribution in [0.2, 0.25) is 0 Å². The maximum Gasteiger partial charge on any atom is 0.228 e. The molecule has 0 aromatic heterocycles. The quantitative estimate of drug-likeness (QED) is 0.873. The molecule has 0 bridgehead atoms. The molecule has 0 aliphatic heterocycles. The average Bonchev–Trinajstić information content (AvgIpc) is 2.47. The third-order valence-corrected chi connectivity index (χ3v) is 2.94. The van der Waals surface area contributed by atoms with E-state index >= 15 is 0 Å². The largest absolute Gasteiger partial charge is 0.491 e. The van der Waals surface area contributed by atoms with Crippen LogP contribution in [0.3, 0.4) is 0 Å². The number of para-hydroxylation sites is 2. The van der Waals surface area contributed by atoms with Crippen LogP contribution in [0.5, 0.6) is 5.75 Å². The van der Waals surface area contributed by atoms with Crippen molar-refractivity contribution in [3.8, 4) is 5.75 Å². The zero-order chi connectivity index (χ0) is 15.1. The van der Waals surface area contributed by atoms with Crippen LogP contribution in [0.25, 0.3) is 0 Å². The van der Waals surface area contributed by atoms with Crippen LogP contribution in [0.4, 0.5) is 5.69 Å². The third kappa shape index (κ3) is 4.95. The van der Waals surface area contributed by atoms with Gasteiger partial charge in [0.2, 0.25) is 5.91 Å². The molecule has 2 aromatic carbocycles. The lowest BCUT2D eigenvalue weighted by molar-refractivity contribution is -0.115. The molecule has 1 amide bonds. The van der Waals surface area contributed by atoms with Crippen LogP contribution in [0, 0.1) is 5.92 Å². The van der Waals surface area contributed by atoms with Gasteiger partial charge in [0.05, 0.1) is 18.7 Å². The molecule has 0 radical (unpaired) electrons. The molecule has 0 aliphatic carbocycles. The predicted octanol–water partition coefficient (Wildman–Crippen LogP) is 3.90. The van der Waals surface area contributed by atoms with Crippen LogP contribution < -0.4 is 10.1 Å². The number of anilines is 1. The Morgan fingerprint density at radius 2 is 1.71 bits per heavy atom. The molecule has 2 rings (SSSR count). The first-order valence-corrected chi connectivity index (χ1v) is 7.21. The van der Waals surface area contributed by atoms with Crippen molar-refractivity contribution in [3.63, 3.8) is 0 Å². The van der Waals surface area contributed by atoms with E-state index < -0.39 is 0 Å². The van der Waals surface area contributed by atoms with Gasteiger partial charge < -0.3 is 10.1 Å². The lowest BCUT2D eigenvalue weighted by Gasteiger charge is -2.13. The summed E-state index contributed by atoms with van der Waals surface area (Å²) in [7, 11) is 0. The number of rotatable bonds is 6. The van der Waals surface area contributed by atoms with E-state index in [1.807, 2.05) is 54.6 Å². The zero-order valence-corrected chi connectivity index (χ0v) is 12.5. The minimum absolute atomic E-state index is 0.0400. The molecule has 0 atom stereocenters. The van der Waals surface area contributed by atoms with Gasteiger partial charge in [-0.1, -0.05) is 56.3 Å². The number of hydrogen-bond donors (Lipinski definition) is 1. The average molecular weight is 283 g/mol. The fraction of sp³-hybridized carbons (Fsp3) is 0.278. The van der Waals surface area contributed by atoms with Crippen molar-refractivity contribution in [1.82, 2.24) is 0 Å². The highest BCUT2D eigenvalue weighted by atomic mass is 16.5. The number of benzene rings is 2. The van der Waals surface area contributed by atoms with E-state index in [2.05, 4.69) is 19.2 Å². The Labute approximate surface area is 126 Å². The Balaban J connectivity index is 2.00. The van der Waals surface area contributed by atoms with Crippen molar-refractivity contribution in [2.75, 3.05) is 11.9 Å². The summed E-state index contributed by atoms with van der Waals surface area (Å²) in [5, 5.41) is 2.92. The maximum atomic E-state index is 12.1. The summed E-state index contributed by atoms with van der Waals surface area (Å²) in [5.41, 5.74) is 1.72. The lowest BCUT2D eigenvalue weighted by atomic mass is 10.1. The molecule has 0 spiro atoms. The molecule has 21 heavy (non-hydrogen) atoms. The SMILES string of the molecule is CC(C)COc1ccccc1NC(=O)Cc1ccccc1. The number of ether oxygens (including phenoxy) is 1. The van der Waals surface area contributed by atoms with E-state index in [0.717, 1.165) is 11.3 Å². The van der Waals surface area contributed by atoms with Gasteiger partial charge in [-0.2, -0.15) is 0 Å². The summed E-state index contributed by atoms with van der Waals surface area (Å²) >= 11 is 0. The van der Waals surface area contributed by atoms with Crippen molar-refractivity contribution in [2.45, 2.75) is 20.3 Å². The van der Waals surface area contributed by atoms with Crippen molar-refractivity contribution < 1.29 is 9.53 Å². The van der Waals surface area contributed by atoms with Gasteiger partial charge in [-0.25, -0.2) is 0 Å². The van der Waals surface area contributed by atoms with E-state index in [4.69, 9.17) is 4.74 Å². The molecule has 3 nitrogen and oxygen atoms in total. The molecular weight excluding hydrogens is 262 g/mol. The van der Waals surface area contributed by atoms with Gasteiger partial charge in [0.25, 0.3) is 0 Å².